The number of hydrogen-bond donors (Lipinski definition) is 0. The van der Waals surface area contributed by atoms with Crippen LogP contribution in [0, 0.1) is 0 Å². The molecular weight excluding hydrogens is 258 g/mol. The van der Waals surface area contributed by atoms with Crippen molar-refractivity contribution in [1.82, 2.24) is 0 Å². The Bertz CT molecular complexity index is 328. The predicted molar refractivity (Wildman–Crippen MR) is 76.6 cm³/mol. The van der Waals surface area contributed by atoms with E-state index in [1.807, 2.05) is 0 Å². The van der Waals surface area contributed by atoms with E-state index in [1.165, 1.54) is 12.8 Å². The predicted octanol–water partition coefficient (Wildman–Crippen LogP) is 3.01. The quantitative estimate of drug-likeness (QED) is 0.332. The molecule has 0 radical (unpaired) electrons. The number of carbonyl (C=O) groups excluding carboxylic acids is 2. The summed E-state index contributed by atoms with van der Waals surface area (Å²) in [5.41, 5.74) is 0.408. The van der Waals surface area contributed by atoms with Crippen LogP contribution in [0.15, 0.2) is 5.16 Å². The summed E-state index contributed by atoms with van der Waals surface area (Å²) >= 11 is 0. The monoisotopic (exact) mass is 283 g/mol. The van der Waals surface area contributed by atoms with Crippen molar-refractivity contribution in [3.8, 4) is 0 Å². The zero-order chi connectivity index (χ0) is 14.6. The van der Waals surface area contributed by atoms with Crippen molar-refractivity contribution in [2.45, 2.75) is 70.8 Å². The first kappa shape index (κ1) is 16.7. The van der Waals surface area contributed by atoms with Gasteiger partial charge in [-0.15, -0.1) is 0 Å². The number of unbranched alkanes of at least 4 members (excludes halogenated alkanes) is 6. The molecule has 0 aromatic heterocycles. The third kappa shape index (κ3) is 6.68. The lowest BCUT2D eigenvalue weighted by Crippen LogP contribution is -2.18. The van der Waals surface area contributed by atoms with E-state index in [0.29, 0.717) is 25.2 Å². The molecule has 114 valence electrons. The van der Waals surface area contributed by atoms with E-state index in [9.17, 15) is 9.59 Å². The van der Waals surface area contributed by atoms with E-state index in [4.69, 9.17) is 9.57 Å². The minimum absolute atomic E-state index is 0.0319. The van der Waals surface area contributed by atoms with Crippen LogP contribution in [0.3, 0.4) is 0 Å². The molecule has 1 aliphatic heterocycles. The topological polar surface area (TPSA) is 65.0 Å². The van der Waals surface area contributed by atoms with Gasteiger partial charge in [0.1, 0.15) is 12.4 Å². The number of carbonyl (C=O) groups is 2. The average Bonchev–Trinajstić information content (AvgIpc) is 2.91. The Morgan fingerprint density at radius 1 is 1.30 bits per heavy atom. The zero-order valence-corrected chi connectivity index (χ0v) is 12.3. The molecule has 1 atom stereocenters. The van der Waals surface area contributed by atoms with E-state index in [-0.39, 0.29) is 12.1 Å². The molecular formula is C15H25NO4. The average molecular weight is 283 g/mol. The normalized spacial score (nSPS) is 17.4. The Labute approximate surface area is 120 Å². The molecule has 20 heavy (non-hydrogen) atoms. The molecule has 0 aliphatic carbocycles. The van der Waals surface area contributed by atoms with Gasteiger partial charge in [0.15, 0.2) is 5.71 Å². The van der Waals surface area contributed by atoms with E-state index in [2.05, 4.69) is 5.16 Å². The maximum Gasteiger partial charge on any atom is 0.356 e. The summed E-state index contributed by atoms with van der Waals surface area (Å²) in [7, 11) is 0. The summed E-state index contributed by atoms with van der Waals surface area (Å²) in [4.78, 5) is 26.8. The molecule has 0 fully saturated rings. The van der Waals surface area contributed by atoms with Crippen molar-refractivity contribution in [3.05, 3.63) is 0 Å². The van der Waals surface area contributed by atoms with Gasteiger partial charge in [0.05, 0.1) is 6.61 Å². The second-order valence-corrected chi connectivity index (χ2v) is 5.06. The molecule has 1 rings (SSSR count). The van der Waals surface area contributed by atoms with Gasteiger partial charge in [-0.05, 0) is 26.2 Å². The largest absolute Gasteiger partial charge is 0.461 e. The Morgan fingerprint density at radius 3 is 2.70 bits per heavy atom. The number of oxime groups is 1. The maximum atomic E-state index is 11.4. The first-order valence-electron chi connectivity index (χ1n) is 7.61. The van der Waals surface area contributed by atoms with Crippen molar-refractivity contribution in [1.29, 1.82) is 0 Å². The third-order valence-corrected chi connectivity index (χ3v) is 3.34. The van der Waals surface area contributed by atoms with Crippen LogP contribution in [0.5, 0.6) is 0 Å². The summed E-state index contributed by atoms with van der Waals surface area (Å²) in [6.07, 6.45) is 9.97. The first-order chi connectivity index (χ1) is 9.77. The molecule has 0 aromatic rings. The van der Waals surface area contributed by atoms with Crippen molar-refractivity contribution >= 4 is 18.0 Å². The van der Waals surface area contributed by atoms with E-state index >= 15 is 0 Å². The number of hydrogen-bond acceptors (Lipinski definition) is 5. The van der Waals surface area contributed by atoms with Crippen LogP contribution in [0.1, 0.15) is 64.7 Å². The lowest BCUT2D eigenvalue weighted by atomic mass is 10.0. The summed E-state index contributed by atoms with van der Waals surface area (Å²) in [6, 6.07) is 0. The van der Waals surface area contributed by atoms with Crippen molar-refractivity contribution < 1.29 is 19.2 Å². The van der Waals surface area contributed by atoms with E-state index in [1.54, 1.807) is 6.92 Å². The highest BCUT2D eigenvalue weighted by Gasteiger charge is 2.26. The lowest BCUT2D eigenvalue weighted by Gasteiger charge is -2.07. The van der Waals surface area contributed by atoms with Crippen LogP contribution in [0.4, 0.5) is 0 Å². The molecule has 5 nitrogen and oxygen atoms in total. The van der Waals surface area contributed by atoms with Crippen LogP contribution in [-0.2, 0) is 19.2 Å². The van der Waals surface area contributed by atoms with Gasteiger partial charge in [-0.1, -0.05) is 30.8 Å². The van der Waals surface area contributed by atoms with Gasteiger partial charge in [0.25, 0.3) is 0 Å². The molecule has 0 bridgehead atoms. The Kier molecular flexibility index (Phi) is 8.67. The minimum Gasteiger partial charge on any atom is -0.461 e. The second-order valence-electron chi connectivity index (χ2n) is 5.06. The first-order valence-corrected chi connectivity index (χ1v) is 7.61. The maximum absolute atomic E-state index is 11.4. The number of aldehydes is 1. The van der Waals surface area contributed by atoms with Crippen LogP contribution < -0.4 is 0 Å². The fourth-order valence-electron chi connectivity index (χ4n) is 2.22. The number of esters is 1. The Morgan fingerprint density at radius 2 is 2.00 bits per heavy atom. The van der Waals surface area contributed by atoms with Gasteiger partial charge in [-0.2, -0.15) is 0 Å². The molecule has 1 heterocycles. The van der Waals surface area contributed by atoms with Gasteiger partial charge >= 0.3 is 5.97 Å². The summed E-state index contributed by atoms with van der Waals surface area (Å²) in [6.45, 7) is 2.15. The second kappa shape index (κ2) is 10.4. The highest BCUT2D eigenvalue weighted by Crippen LogP contribution is 2.18. The van der Waals surface area contributed by atoms with Crippen LogP contribution in [-0.4, -0.2) is 30.7 Å². The highest BCUT2D eigenvalue weighted by atomic mass is 16.6. The van der Waals surface area contributed by atoms with Crippen molar-refractivity contribution in [3.63, 3.8) is 0 Å². The van der Waals surface area contributed by atoms with Gasteiger partial charge in [-0.25, -0.2) is 4.79 Å². The number of nitrogens with zero attached hydrogens (tertiary/aromatic N) is 1. The lowest BCUT2D eigenvalue weighted by molar-refractivity contribution is -0.135. The summed E-state index contributed by atoms with van der Waals surface area (Å²) < 4.78 is 4.89. The standard InChI is InChI=1S/C15H25NO4/c1-2-19-15(18)14-12-13(20-16-14)10-8-6-4-3-5-7-9-11-17/h11,13H,2-10,12H2,1H3. The van der Waals surface area contributed by atoms with Gasteiger partial charge in [-0.3, -0.25) is 0 Å². The molecule has 5 heteroatoms. The van der Waals surface area contributed by atoms with Crippen LogP contribution in [0.25, 0.3) is 0 Å². The smallest absolute Gasteiger partial charge is 0.356 e. The number of ether oxygens (including phenoxy) is 1. The fraction of sp³-hybridized carbons (Fsp3) is 0.800. The van der Waals surface area contributed by atoms with Gasteiger partial charge in [0, 0.05) is 12.8 Å². The number of rotatable bonds is 11. The molecule has 1 aliphatic rings. The molecule has 0 saturated heterocycles. The van der Waals surface area contributed by atoms with E-state index in [0.717, 1.165) is 38.4 Å². The van der Waals surface area contributed by atoms with Gasteiger partial charge in [0.2, 0.25) is 0 Å². The third-order valence-electron chi connectivity index (χ3n) is 3.34. The molecule has 0 spiro atoms. The van der Waals surface area contributed by atoms with Crippen molar-refractivity contribution in [2.75, 3.05) is 6.61 Å². The molecule has 1 unspecified atom stereocenters. The molecule has 0 N–H and O–H groups in total. The zero-order valence-electron chi connectivity index (χ0n) is 12.3. The molecule has 0 saturated carbocycles. The van der Waals surface area contributed by atoms with Crippen LogP contribution in [0.2, 0.25) is 0 Å². The van der Waals surface area contributed by atoms with Crippen molar-refractivity contribution in [2.24, 2.45) is 5.16 Å². The van der Waals surface area contributed by atoms with Crippen LogP contribution >= 0.6 is 0 Å². The minimum atomic E-state index is -0.356. The van der Waals surface area contributed by atoms with Gasteiger partial charge < -0.3 is 14.4 Å². The van der Waals surface area contributed by atoms with E-state index < -0.39 is 0 Å². The fourth-order valence-corrected chi connectivity index (χ4v) is 2.22. The molecule has 0 aromatic carbocycles. The molecule has 0 amide bonds. The Hall–Kier alpha value is -1.39. The highest BCUT2D eigenvalue weighted by molar-refractivity contribution is 6.36. The Balaban J connectivity index is 1.97. The summed E-state index contributed by atoms with van der Waals surface area (Å²) in [5.74, 6) is -0.356. The summed E-state index contributed by atoms with van der Waals surface area (Å²) in [5, 5.41) is 3.79. The SMILES string of the molecule is CCOC(=O)C1=NOC(CCCCCCCCC=O)C1.